The number of hydrogen-bond donors (Lipinski definition) is 1. The van der Waals surface area contributed by atoms with Gasteiger partial charge in [-0.05, 0) is 24.6 Å². The lowest BCUT2D eigenvalue weighted by atomic mass is 10.2. The summed E-state index contributed by atoms with van der Waals surface area (Å²) in [5, 5.41) is 3.26. The van der Waals surface area contributed by atoms with Gasteiger partial charge in [0.15, 0.2) is 0 Å². The van der Waals surface area contributed by atoms with Crippen molar-refractivity contribution in [1.82, 2.24) is 9.97 Å². The molecule has 0 radical (unpaired) electrons. The summed E-state index contributed by atoms with van der Waals surface area (Å²) in [5.41, 5.74) is 2.05. The highest BCUT2D eigenvalue weighted by Gasteiger charge is 2.06. The molecule has 19 heavy (non-hydrogen) atoms. The molecule has 0 unspecified atom stereocenters. The molecule has 2 aromatic rings. The second-order valence-corrected chi connectivity index (χ2v) is 4.48. The van der Waals surface area contributed by atoms with Crippen LogP contribution in [0.4, 0.5) is 17.3 Å². The Morgan fingerprint density at radius 1 is 1.16 bits per heavy atom. The average molecular weight is 258 g/mol. The lowest BCUT2D eigenvalue weighted by Crippen LogP contribution is -2.11. The third-order valence-electron chi connectivity index (χ3n) is 2.73. The monoisotopic (exact) mass is 258 g/mol. The summed E-state index contributed by atoms with van der Waals surface area (Å²) in [5.74, 6) is 2.38. The molecule has 0 atom stereocenters. The molecule has 5 heteroatoms. The first-order chi connectivity index (χ1) is 9.10. The van der Waals surface area contributed by atoms with Crippen LogP contribution < -0.4 is 15.0 Å². The number of methoxy groups -OCH3 is 1. The van der Waals surface area contributed by atoms with Crippen LogP contribution in [0.2, 0.25) is 0 Å². The summed E-state index contributed by atoms with van der Waals surface area (Å²) in [6.45, 7) is 2.04. The minimum Gasteiger partial charge on any atom is -0.495 e. The van der Waals surface area contributed by atoms with Crippen LogP contribution in [-0.4, -0.2) is 31.2 Å². The molecule has 0 aliphatic carbocycles. The van der Waals surface area contributed by atoms with Gasteiger partial charge in [-0.15, -0.1) is 0 Å². The molecule has 100 valence electrons. The fourth-order valence-electron chi connectivity index (χ4n) is 1.72. The van der Waals surface area contributed by atoms with Crippen molar-refractivity contribution in [3.63, 3.8) is 0 Å². The van der Waals surface area contributed by atoms with Crippen molar-refractivity contribution in [2.24, 2.45) is 0 Å². The van der Waals surface area contributed by atoms with Crippen LogP contribution in [0.3, 0.4) is 0 Å². The number of hydrogen-bond acceptors (Lipinski definition) is 5. The minimum atomic E-state index is 0.739. The summed E-state index contributed by atoms with van der Waals surface area (Å²) in [7, 11) is 5.54. The Labute approximate surface area is 113 Å². The summed E-state index contributed by atoms with van der Waals surface area (Å²) < 4.78 is 5.33. The van der Waals surface area contributed by atoms with E-state index in [-0.39, 0.29) is 0 Å². The number of aromatic nitrogens is 2. The summed E-state index contributed by atoms with van der Waals surface area (Å²) in [4.78, 5) is 10.3. The van der Waals surface area contributed by atoms with E-state index in [4.69, 9.17) is 4.74 Å². The van der Waals surface area contributed by atoms with Crippen molar-refractivity contribution in [3.8, 4) is 5.75 Å². The number of nitrogens with zero attached hydrogens (tertiary/aromatic N) is 3. The molecule has 2 rings (SSSR count). The van der Waals surface area contributed by atoms with Crippen molar-refractivity contribution in [3.05, 3.63) is 36.2 Å². The van der Waals surface area contributed by atoms with E-state index in [1.807, 2.05) is 50.2 Å². The topological polar surface area (TPSA) is 50.3 Å². The second kappa shape index (κ2) is 5.56. The van der Waals surface area contributed by atoms with Crippen LogP contribution in [-0.2, 0) is 0 Å². The third kappa shape index (κ3) is 3.13. The van der Waals surface area contributed by atoms with E-state index >= 15 is 0 Å². The fourth-order valence-corrected chi connectivity index (χ4v) is 1.72. The molecule has 0 saturated heterocycles. The highest BCUT2D eigenvalue weighted by Crippen LogP contribution is 2.28. The number of nitrogens with one attached hydrogen (secondary N) is 1. The standard InChI is InChI=1S/C14H18N4O/c1-10-5-6-12(19-4)11(7-10)17-13-8-14(18(2)3)16-9-15-13/h5-9H,1-4H3,(H,15,16,17). The zero-order valence-electron chi connectivity index (χ0n) is 11.6. The smallest absolute Gasteiger partial charge is 0.142 e. The van der Waals surface area contributed by atoms with Crippen LogP contribution in [0.1, 0.15) is 5.56 Å². The van der Waals surface area contributed by atoms with E-state index in [0.717, 1.165) is 28.6 Å². The zero-order chi connectivity index (χ0) is 13.8. The molecule has 5 nitrogen and oxygen atoms in total. The second-order valence-electron chi connectivity index (χ2n) is 4.48. The quantitative estimate of drug-likeness (QED) is 0.913. The predicted molar refractivity (Wildman–Crippen MR) is 77.4 cm³/mol. The molecule has 1 aromatic heterocycles. The lowest BCUT2D eigenvalue weighted by Gasteiger charge is -2.14. The number of rotatable bonds is 4. The number of aryl methyl sites for hydroxylation is 1. The molecule has 0 spiro atoms. The molecule has 0 aliphatic rings. The van der Waals surface area contributed by atoms with Crippen molar-refractivity contribution >= 4 is 17.3 Å². The van der Waals surface area contributed by atoms with Gasteiger partial charge >= 0.3 is 0 Å². The molecule has 1 aromatic carbocycles. The Hall–Kier alpha value is -2.30. The van der Waals surface area contributed by atoms with Crippen molar-refractivity contribution in [1.29, 1.82) is 0 Å². The largest absolute Gasteiger partial charge is 0.495 e. The van der Waals surface area contributed by atoms with Gasteiger partial charge < -0.3 is 15.0 Å². The molecule has 0 fully saturated rings. The maximum atomic E-state index is 5.33. The summed E-state index contributed by atoms with van der Waals surface area (Å²) in [6, 6.07) is 7.86. The molecular weight excluding hydrogens is 240 g/mol. The van der Waals surface area contributed by atoms with E-state index in [0.29, 0.717) is 0 Å². The predicted octanol–water partition coefficient (Wildman–Crippen LogP) is 2.60. The van der Waals surface area contributed by atoms with E-state index in [9.17, 15) is 0 Å². The Morgan fingerprint density at radius 3 is 2.63 bits per heavy atom. The van der Waals surface area contributed by atoms with E-state index in [2.05, 4.69) is 15.3 Å². The summed E-state index contributed by atoms with van der Waals surface area (Å²) in [6.07, 6.45) is 1.54. The van der Waals surface area contributed by atoms with Crippen LogP contribution in [0.5, 0.6) is 5.75 Å². The molecule has 0 aliphatic heterocycles. The number of benzene rings is 1. The fraction of sp³-hybridized carbons (Fsp3) is 0.286. The number of anilines is 3. The Bertz CT molecular complexity index is 569. The van der Waals surface area contributed by atoms with Gasteiger partial charge in [0, 0.05) is 20.2 Å². The summed E-state index contributed by atoms with van der Waals surface area (Å²) >= 11 is 0. The molecule has 0 bridgehead atoms. The zero-order valence-corrected chi connectivity index (χ0v) is 11.6. The third-order valence-corrected chi connectivity index (χ3v) is 2.73. The SMILES string of the molecule is COc1ccc(C)cc1Nc1cc(N(C)C)ncn1. The lowest BCUT2D eigenvalue weighted by molar-refractivity contribution is 0.416. The molecular formula is C14H18N4O. The van der Waals surface area contributed by atoms with Crippen LogP contribution in [0.15, 0.2) is 30.6 Å². The minimum absolute atomic E-state index is 0.739. The first-order valence-corrected chi connectivity index (χ1v) is 6.01. The van der Waals surface area contributed by atoms with Gasteiger partial charge in [0.2, 0.25) is 0 Å². The molecule has 1 N–H and O–H groups in total. The maximum absolute atomic E-state index is 5.33. The van der Waals surface area contributed by atoms with Crippen molar-refractivity contribution in [2.45, 2.75) is 6.92 Å². The van der Waals surface area contributed by atoms with E-state index in [1.54, 1.807) is 13.4 Å². The van der Waals surface area contributed by atoms with Crippen LogP contribution in [0.25, 0.3) is 0 Å². The van der Waals surface area contributed by atoms with Gasteiger partial charge in [-0.25, -0.2) is 9.97 Å². The van der Waals surface area contributed by atoms with Gasteiger partial charge in [0.1, 0.15) is 23.7 Å². The molecule has 1 heterocycles. The van der Waals surface area contributed by atoms with Gasteiger partial charge in [-0.1, -0.05) is 6.07 Å². The Morgan fingerprint density at radius 2 is 1.95 bits per heavy atom. The van der Waals surface area contributed by atoms with Crippen LogP contribution in [0, 0.1) is 6.92 Å². The van der Waals surface area contributed by atoms with Crippen LogP contribution >= 0.6 is 0 Å². The highest BCUT2D eigenvalue weighted by molar-refractivity contribution is 5.66. The highest BCUT2D eigenvalue weighted by atomic mass is 16.5. The average Bonchev–Trinajstić information content (AvgIpc) is 2.39. The van der Waals surface area contributed by atoms with Crippen molar-refractivity contribution < 1.29 is 4.74 Å². The molecule has 0 saturated carbocycles. The molecule has 0 amide bonds. The number of ether oxygens (including phenoxy) is 1. The van der Waals surface area contributed by atoms with E-state index in [1.165, 1.54) is 0 Å². The van der Waals surface area contributed by atoms with E-state index < -0.39 is 0 Å². The van der Waals surface area contributed by atoms with Crippen molar-refractivity contribution in [2.75, 3.05) is 31.4 Å². The maximum Gasteiger partial charge on any atom is 0.142 e. The normalized spacial score (nSPS) is 10.1. The first kappa shape index (κ1) is 13.1. The van der Waals surface area contributed by atoms with Gasteiger partial charge in [-0.3, -0.25) is 0 Å². The van der Waals surface area contributed by atoms with Gasteiger partial charge in [-0.2, -0.15) is 0 Å². The first-order valence-electron chi connectivity index (χ1n) is 6.01. The van der Waals surface area contributed by atoms with Gasteiger partial charge in [0.25, 0.3) is 0 Å². The Kier molecular flexibility index (Phi) is 3.85. The van der Waals surface area contributed by atoms with Gasteiger partial charge in [0.05, 0.1) is 12.8 Å². The Balaban J connectivity index is 2.30.